The Morgan fingerprint density at radius 1 is 1.16 bits per heavy atom. The number of amidine groups is 1. The largest absolute Gasteiger partial charge is 0.478 e. The second-order valence-electron chi connectivity index (χ2n) is 6.61. The number of benzene rings is 2. The summed E-state index contributed by atoms with van der Waals surface area (Å²) in [4.78, 5) is 28.3. The number of halogens is 2. The van der Waals surface area contributed by atoms with Crippen molar-refractivity contribution in [1.82, 2.24) is 5.32 Å². The maximum absolute atomic E-state index is 12.3. The minimum Gasteiger partial charge on any atom is -0.478 e. The molecule has 4 rings (SSSR count). The molecular weight excluding hydrogens is 459 g/mol. The van der Waals surface area contributed by atoms with E-state index in [1.165, 1.54) is 23.9 Å². The van der Waals surface area contributed by atoms with Crippen LogP contribution < -0.4 is 5.32 Å². The Morgan fingerprint density at radius 3 is 2.68 bits per heavy atom. The summed E-state index contributed by atoms with van der Waals surface area (Å²) < 4.78 is 5.79. The Morgan fingerprint density at radius 2 is 1.97 bits per heavy atom. The first-order valence-corrected chi connectivity index (χ1v) is 10.6. The van der Waals surface area contributed by atoms with Crippen molar-refractivity contribution in [2.45, 2.75) is 6.92 Å². The van der Waals surface area contributed by atoms with Gasteiger partial charge in [0.15, 0.2) is 5.17 Å². The molecule has 0 saturated carbocycles. The van der Waals surface area contributed by atoms with Gasteiger partial charge in [-0.2, -0.15) is 0 Å². The number of aliphatic imine (C=N–C) groups is 1. The van der Waals surface area contributed by atoms with Crippen molar-refractivity contribution in [3.63, 3.8) is 0 Å². The average molecular weight is 473 g/mol. The number of aromatic carboxylic acids is 1. The zero-order valence-electron chi connectivity index (χ0n) is 16.0. The molecule has 0 radical (unpaired) electrons. The van der Waals surface area contributed by atoms with Crippen LogP contribution in [0.15, 0.2) is 62.8 Å². The number of carboxylic acid groups (broad SMARTS) is 1. The smallest absolute Gasteiger partial charge is 0.337 e. The number of aryl methyl sites for hydroxylation is 1. The number of furan rings is 1. The lowest BCUT2D eigenvalue weighted by Gasteiger charge is -2.01. The minimum atomic E-state index is -1.10. The summed E-state index contributed by atoms with van der Waals surface area (Å²) in [6.07, 6.45) is 1.62. The maximum atomic E-state index is 12.3. The number of hydrogen-bond acceptors (Lipinski definition) is 5. The molecule has 9 heteroatoms. The Kier molecular flexibility index (Phi) is 5.91. The topological polar surface area (TPSA) is 91.9 Å². The molecule has 2 heterocycles. The highest BCUT2D eigenvalue weighted by Crippen LogP contribution is 2.32. The molecule has 2 N–H and O–H groups in total. The molecular formula is C22H14Cl2N2O4S. The lowest BCUT2D eigenvalue weighted by molar-refractivity contribution is -0.115. The first kappa shape index (κ1) is 21.2. The molecule has 156 valence electrons. The third-order valence-electron chi connectivity index (χ3n) is 4.42. The van der Waals surface area contributed by atoms with Gasteiger partial charge in [-0.1, -0.05) is 29.3 Å². The predicted octanol–water partition coefficient (Wildman–Crippen LogP) is 6.15. The van der Waals surface area contributed by atoms with E-state index in [0.717, 1.165) is 11.3 Å². The van der Waals surface area contributed by atoms with E-state index in [1.807, 2.05) is 6.92 Å². The number of carbonyl (C=O) groups excluding carboxylic acids is 1. The SMILES string of the molecule is Cc1cc(Cl)ccc1N=C1NC(=O)/C(=C/c2ccc(-c3ccc(C(=O)O)c(Cl)c3)o2)S1. The van der Waals surface area contributed by atoms with Gasteiger partial charge in [0.05, 0.1) is 21.2 Å². The van der Waals surface area contributed by atoms with Gasteiger partial charge in [-0.15, -0.1) is 0 Å². The highest BCUT2D eigenvalue weighted by molar-refractivity contribution is 8.18. The van der Waals surface area contributed by atoms with Crippen LogP contribution in [0.5, 0.6) is 0 Å². The summed E-state index contributed by atoms with van der Waals surface area (Å²) in [5.74, 6) is -0.408. The predicted molar refractivity (Wildman–Crippen MR) is 123 cm³/mol. The quantitative estimate of drug-likeness (QED) is 0.444. The summed E-state index contributed by atoms with van der Waals surface area (Å²) in [6, 6.07) is 13.3. The zero-order valence-corrected chi connectivity index (χ0v) is 18.3. The molecule has 1 saturated heterocycles. The summed E-state index contributed by atoms with van der Waals surface area (Å²) in [6.45, 7) is 1.89. The Bertz CT molecular complexity index is 1280. The van der Waals surface area contributed by atoms with Crippen molar-refractivity contribution in [2.24, 2.45) is 4.99 Å². The van der Waals surface area contributed by atoms with Crippen LogP contribution in [0.25, 0.3) is 17.4 Å². The molecule has 1 amide bonds. The lowest BCUT2D eigenvalue weighted by Crippen LogP contribution is -2.19. The first-order chi connectivity index (χ1) is 14.8. The molecule has 0 aliphatic carbocycles. The molecule has 6 nitrogen and oxygen atoms in total. The van der Waals surface area contributed by atoms with E-state index in [1.54, 1.807) is 42.5 Å². The maximum Gasteiger partial charge on any atom is 0.337 e. The van der Waals surface area contributed by atoms with E-state index in [4.69, 9.17) is 32.7 Å². The number of nitrogens with one attached hydrogen (secondary N) is 1. The first-order valence-electron chi connectivity index (χ1n) is 8.99. The molecule has 1 aliphatic rings. The Labute approximate surface area is 191 Å². The molecule has 3 aromatic rings. The fourth-order valence-electron chi connectivity index (χ4n) is 2.89. The van der Waals surface area contributed by atoms with E-state index < -0.39 is 5.97 Å². The Balaban J connectivity index is 1.55. The molecule has 0 spiro atoms. The van der Waals surface area contributed by atoms with Crippen LogP contribution in [0.4, 0.5) is 5.69 Å². The van der Waals surface area contributed by atoms with Crippen LogP contribution >= 0.6 is 35.0 Å². The second kappa shape index (κ2) is 8.63. The van der Waals surface area contributed by atoms with Crippen LogP contribution in [0.1, 0.15) is 21.7 Å². The summed E-state index contributed by atoms with van der Waals surface area (Å²) in [5.41, 5.74) is 2.26. The highest BCUT2D eigenvalue weighted by Gasteiger charge is 2.24. The van der Waals surface area contributed by atoms with Crippen LogP contribution in [0, 0.1) is 6.92 Å². The van der Waals surface area contributed by atoms with Crippen LogP contribution in [-0.4, -0.2) is 22.2 Å². The van der Waals surface area contributed by atoms with E-state index in [9.17, 15) is 9.59 Å². The molecule has 31 heavy (non-hydrogen) atoms. The van der Waals surface area contributed by atoms with Crippen molar-refractivity contribution in [3.8, 4) is 11.3 Å². The monoisotopic (exact) mass is 472 g/mol. The van der Waals surface area contributed by atoms with E-state index >= 15 is 0 Å². The van der Waals surface area contributed by atoms with Crippen molar-refractivity contribution >= 4 is 63.8 Å². The molecule has 1 aromatic heterocycles. The van der Waals surface area contributed by atoms with Gasteiger partial charge in [0.1, 0.15) is 11.5 Å². The van der Waals surface area contributed by atoms with Crippen LogP contribution in [0.3, 0.4) is 0 Å². The number of thioether (sulfide) groups is 1. The van der Waals surface area contributed by atoms with E-state index in [2.05, 4.69) is 10.3 Å². The van der Waals surface area contributed by atoms with Gasteiger partial charge in [-0.3, -0.25) is 4.79 Å². The third kappa shape index (κ3) is 4.69. The fraction of sp³-hybridized carbons (Fsp3) is 0.0455. The van der Waals surface area contributed by atoms with Crippen molar-refractivity contribution in [1.29, 1.82) is 0 Å². The molecule has 1 fully saturated rings. The van der Waals surface area contributed by atoms with Gasteiger partial charge in [0.2, 0.25) is 0 Å². The number of amides is 1. The number of carbonyl (C=O) groups is 2. The van der Waals surface area contributed by atoms with Gasteiger partial charge in [0, 0.05) is 16.7 Å². The van der Waals surface area contributed by atoms with Crippen molar-refractivity contribution in [3.05, 3.63) is 80.4 Å². The molecule has 0 bridgehead atoms. The number of hydrogen-bond donors (Lipinski definition) is 2. The Hall–Kier alpha value is -3.00. The number of carboxylic acids is 1. The zero-order chi connectivity index (χ0) is 22.1. The minimum absolute atomic E-state index is 0.0149. The molecule has 0 atom stereocenters. The molecule has 1 aliphatic heterocycles. The summed E-state index contributed by atoms with van der Waals surface area (Å²) in [5, 5.41) is 13.0. The van der Waals surface area contributed by atoms with Gasteiger partial charge in [-0.05, 0) is 66.7 Å². The second-order valence-corrected chi connectivity index (χ2v) is 8.49. The normalized spacial score (nSPS) is 16.2. The average Bonchev–Trinajstić information content (AvgIpc) is 3.31. The third-order valence-corrected chi connectivity index (χ3v) is 5.87. The van der Waals surface area contributed by atoms with Crippen LogP contribution in [0.2, 0.25) is 10.0 Å². The number of rotatable bonds is 4. The van der Waals surface area contributed by atoms with Crippen LogP contribution in [-0.2, 0) is 4.79 Å². The van der Waals surface area contributed by atoms with Crippen molar-refractivity contribution < 1.29 is 19.1 Å². The molecule has 2 aromatic carbocycles. The molecule has 0 unspecified atom stereocenters. The lowest BCUT2D eigenvalue weighted by atomic mass is 10.1. The fourth-order valence-corrected chi connectivity index (χ4v) is 4.19. The number of nitrogens with zero attached hydrogens (tertiary/aromatic N) is 1. The standard InChI is InChI=1S/C22H14Cl2N2O4S/c1-11-8-13(23)3-6-17(11)25-22-26-20(27)19(31-22)10-14-4-7-18(30-14)12-2-5-15(21(28)29)16(24)9-12/h2-10H,1H3,(H,28,29)(H,25,26,27)/b19-10-. The summed E-state index contributed by atoms with van der Waals surface area (Å²) >= 11 is 13.2. The van der Waals surface area contributed by atoms with Gasteiger partial charge in [-0.25, -0.2) is 9.79 Å². The van der Waals surface area contributed by atoms with E-state index in [-0.39, 0.29) is 16.5 Å². The summed E-state index contributed by atoms with van der Waals surface area (Å²) in [7, 11) is 0. The van der Waals surface area contributed by atoms with Crippen molar-refractivity contribution in [2.75, 3.05) is 0 Å². The highest BCUT2D eigenvalue weighted by atomic mass is 35.5. The van der Waals surface area contributed by atoms with E-state index in [0.29, 0.717) is 32.2 Å². The van der Waals surface area contributed by atoms with Gasteiger partial charge >= 0.3 is 5.97 Å². The van der Waals surface area contributed by atoms with Gasteiger partial charge < -0.3 is 14.8 Å². The van der Waals surface area contributed by atoms with Gasteiger partial charge in [0.25, 0.3) is 5.91 Å².